The lowest BCUT2D eigenvalue weighted by molar-refractivity contribution is 0.324. The molecule has 1 aliphatic heterocycles. The van der Waals surface area contributed by atoms with Crippen LogP contribution in [0.1, 0.15) is 38.8 Å². The van der Waals surface area contributed by atoms with Gasteiger partial charge in [-0.05, 0) is 52.1 Å². The molecule has 1 N–H and O–H groups in total. The number of anilines is 1. The molecule has 1 saturated heterocycles. The summed E-state index contributed by atoms with van der Waals surface area (Å²) < 4.78 is 5.52. The number of piperidine rings is 1. The summed E-state index contributed by atoms with van der Waals surface area (Å²) in [5.74, 6) is 2.29. The monoisotopic (exact) mass is 292 g/mol. The molecule has 0 bridgehead atoms. The molecule has 0 saturated carbocycles. The molecule has 1 aromatic heterocycles. The largest absolute Gasteiger partial charge is 0.478 e. The average Bonchev–Trinajstić information content (AvgIpc) is 2.48. The molecule has 1 aliphatic rings. The molecule has 5 heteroatoms. The standard InChI is InChI=1S/C16H28N4O/c1-4-8-17-12-14-6-9-20(10-7-14)16-18-13(3)11-15(19-16)21-5-2/h11,14,17H,4-10,12H2,1-3H3. The van der Waals surface area contributed by atoms with E-state index in [4.69, 9.17) is 4.74 Å². The number of nitrogens with zero attached hydrogens (tertiary/aromatic N) is 3. The second kappa shape index (κ2) is 8.17. The third-order valence-electron chi connectivity index (χ3n) is 3.87. The topological polar surface area (TPSA) is 50.3 Å². The Morgan fingerprint density at radius 1 is 1.29 bits per heavy atom. The number of hydrogen-bond donors (Lipinski definition) is 1. The minimum absolute atomic E-state index is 0.640. The van der Waals surface area contributed by atoms with Crippen molar-refractivity contribution in [2.45, 2.75) is 40.0 Å². The Morgan fingerprint density at radius 2 is 2.05 bits per heavy atom. The fourth-order valence-corrected chi connectivity index (χ4v) is 2.71. The lowest BCUT2D eigenvalue weighted by Gasteiger charge is -2.32. The van der Waals surface area contributed by atoms with Gasteiger partial charge in [-0.25, -0.2) is 4.98 Å². The summed E-state index contributed by atoms with van der Waals surface area (Å²) in [7, 11) is 0. The predicted molar refractivity (Wildman–Crippen MR) is 86.0 cm³/mol. The molecule has 118 valence electrons. The summed E-state index contributed by atoms with van der Waals surface area (Å²) in [5, 5.41) is 3.52. The Kier molecular flexibility index (Phi) is 6.23. The Hall–Kier alpha value is -1.36. The molecule has 1 aromatic rings. The maximum atomic E-state index is 5.52. The van der Waals surface area contributed by atoms with Crippen molar-refractivity contribution in [2.75, 3.05) is 37.7 Å². The van der Waals surface area contributed by atoms with Gasteiger partial charge in [0, 0.05) is 24.8 Å². The van der Waals surface area contributed by atoms with Crippen molar-refractivity contribution >= 4 is 5.95 Å². The minimum atomic E-state index is 0.640. The number of ether oxygens (including phenoxy) is 1. The maximum absolute atomic E-state index is 5.52. The van der Waals surface area contributed by atoms with Gasteiger partial charge in [0.15, 0.2) is 0 Å². The zero-order valence-electron chi connectivity index (χ0n) is 13.6. The Bertz CT molecular complexity index is 430. The van der Waals surface area contributed by atoms with E-state index >= 15 is 0 Å². The van der Waals surface area contributed by atoms with E-state index in [1.165, 1.54) is 19.3 Å². The van der Waals surface area contributed by atoms with Crippen molar-refractivity contribution in [3.05, 3.63) is 11.8 Å². The lowest BCUT2D eigenvalue weighted by Crippen LogP contribution is -2.38. The van der Waals surface area contributed by atoms with Gasteiger partial charge in [0.1, 0.15) is 0 Å². The molecular formula is C16H28N4O. The van der Waals surface area contributed by atoms with Crippen LogP contribution >= 0.6 is 0 Å². The third kappa shape index (κ3) is 4.84. The number of rotatable bonds is 7. The molecule has 0 atom stereocenters. The van der Waals surface area contributed by atoms with Crippen LogP contribution in [0.15, 0.2) is 6.07 Å². The summed E-state index contributed by atoms with van der Waals surface area (Å²) in [6.45, 7) is 11.2. The first-order chi connectivity index (χ1) is 10.2. The van der Waals surface area contributed by atoms with Gasteiger partial charge in [-0.2, -0.15) is 4.98 Å². The summed E-state index contributed by atoms with van der Waals surface area (Å²) in [6.07, 6.45) is 3.62. The SMILES string of the molecule is CCCNCC1CCN(c2nc(C)cc(OCC)n2)CC1. The molecule has 1 fully saturated rings. The van der Waals surface area contributed by atoms with E-state index in [9.17, 15) is 0 Å². The smallest absolute Gasteiger partial charge is 0.228 e. The van der Waals surface area contributed by atoms with Gasteiger partial charge in [0.05, 0.1) is 6.61 Å². The van der Waals surface area contributed by atoms with Gasteiger partial charge in [-0.3, -0.25) is 0 Å². The van der Waals surface area contributed by atoms with Crippen LogP contribution in [0.25, 0.3) is 0 Å². The second-order valence-corrected chi connectivity index (χ2v) is 5.72. The van der Waals surface area contributed by atoms with Crippen LogP contribution in [0.2, 0.25) is 0 Å². The molecular weight excluding hydrogens is 264 g/mol. The van der Waals surface area contributed by atoms with Crippen molar-refractivity contribution in [2.24, 2.45) is 5.92 Å². The number of aryl methyl sites for hydroxylation is 1. The minimum Gasteiger partial charge on any atom is -0.478 e. The molecule has 2 heterocycles. The van der Waals surface area contributed by atoms with Crippen molar-refractivity contribution in [3.8, 4) is 5.88 Å². The van der Waals surface area contributed by atoms with Gasteiger partial charge in [-0.15, -0.1) is 0 Å². The van der Waals surface area contributed by atoms with Crippen molar-refractivity contribution in [3.63, 3.8) is 0 Å². The summed E-state index contributed by atoms with van der Waals surface area (Å²) in [6, 6.07) is 1.90. The Morgan fingerprint density at radius 3 is 2.71 bits per heavy atom. The highest BCUT2D eigenvalue weighted by molar-refractivity contribution is 5.34. The predicted octanol–water partition coefficient (Wildman–Crippen LogP) is 2.40. The van der Waals surface area contributed by atoms with Gasteiger partial charge in [0.2, 0.25) is 11.8 Å². The van der Waals surface area contributed by atoms with Crippen LogP contribution in [-0.2, 0) is 0 Å². The van der Waals surface area contributed by atoms with E-state index in [-0.39, 0.29) is 0 Å². The lowest BCUT2D eigenvalue weighted by atomic mass is 9.97. The normalized spacial score (nSPS) is 16.2. The van der Waals surface area contributed by atoms with E-state index in [0.29, 0.717) is 12.5 Å². The molecule has 0 aromatic carbocycles. The summed E-state index contributed by atoms with van der Waals surface area (Å²) in [5.41, 5.74) is 0.968. The molecule has 0 amide bonds. The van der Waals surface area contributed by atoms with Crippen molar-refractivity contribution in [1.29, 1.82) is 0 Å². The van der Waals surface area contributed by atoms with Gasteiger partial charge < -0.3 is 15.0 Å². The molecule has 21 heavy (non-hydrogen) atoms. The quantitative estimate of drug-likeness (QED) is 0.782. The zero-order valence-corrected chi connectivity index (χ0v) is 13.6. The second-order valence-electron chi connectivity index (χ2n) is 5.72. The number of nitrogens with one attached hydrogen (secondary N) is 1. The molecule has 2 rings (SSSR count). The zero-order chi connectivity index (χ0) is 15.1. The summed E-state index contributed by atoms with van der Waals surface area (Å²) >= 11 is 0. The first kappa shape index (κ1) is 16.0. The van der Waals surface area contributed by atoms with Crippen molar-refractivity contribution < 1.29 is 4.74 Å². The van der Waals surface area contributed by atoms with Crippen LogP contribution in [0.5, 0.6) is 5.88 Å². The highest BCUT2D eigenvalue weighted by Gasteiger charge is 2.21. The van der Waals surface area contributed by atoms with Crippen LogP contribution in [0.3, 0.4) is 0 Å². The highest BCUT2D eigenvalue weighted by Crippen LogP contribution is 2.22. The highest BCUT2D eigenvalue weighted by atomic mass is 16.5. The van der Waals surface area contributed by atoms with E-state index < -0.39 is 0 Å². The van der Waals surface area contributed by atoms with Gasteiger partial charge in [-0.1, -0.05) is 6.92 Å². The molecule has 0 spiro atoms. The fourth-order valence-electron chi connectivity index (χ4n) is 2.71. The number of aromatic nitrogens is 2. The summed E-state index contributed by atoms with van der Waals surface area (Å²) in [4.78, 5) is 11.4. The van der Waals surface area contributed by atoms with E-state index in [1.54, 1.807) is 0 Å². The molecule has 0 unspecified atom stereocenters. The number of hydrogen-bond acceptors (Lipinski definition) is 5. The average molecular weight is 292 g/mol. The third-order valence-corrected chi connectivity index (χ3v) is 3.87. The van der Waals surface area contributed by atoms with Crippen LogP contribution in [-0.4, -0.2) is 42.8 Å². The first-order valence-corrected chi connectivity index (χ1v) is 8.17. The molecule has 0 radical (unpaired) electrons. The van der Waals surface area contributed by atoms with E-state index in [2.05, 4.69) is 27.1 Å². The fraction of sp³-hybridized carbons (Fsp3) is 0.750. The molecule has 5 nitrogen and oxygen atoms in total. The van der Waals surface area contributed by atoms with Crippen LogP contribution in [0, 0.1) is 12.8 Å². The van der Waals surface area contributed by atoms with E-state index in [1.807, 2.05) is 19.9 Å². The first-order valence-electron chi connectivity index (χ1n) is 8.17. The van der Waals surface area contributed by atoms with Crippen molar-refractivity contribution in [1.82, 2.24) is 15.3 Å². The Balaban J connectivity index is 1.89. The van der Waals surface area contributed by atoms with E-state index in [0.717, 1.165) is 43.7 Å². The Labute approximate surface area is 128 Å². The van der Waals surface area contributed by atoms with Gasteiger partial charge >= 0.3 is 0 Å². The van der Waals surface area contributed by atoms with Crippen LogP contribution in [0.4, 0.5) is 5.95 Å². The molecule has 0 aliphatic carbocycles. The maximum Gasteiger partial charge on any atom is 0.228 e. The van der Waals surface area contributed by atoms with Gasteiger partial charge in [0.25, 0.3) is 0 Å². The van der Waals surface area contributed by atoms with Crippen LogP contribution < -0.4 is 15.0 Å².